The van der Waals surface area contributed by atoms with Gasteiger partial charge in [-0.1, -0.05) is 18.2 Å². The van der Waals surface area contributed by atoms with E-state index in [1.54, 1.807) is 11.3 Å². The first-order valence-electron chi connectivity index (χ1n) is 9.56. The Bertz CT molecular complexity index is 943. The Kier molecular flexibility index (Phi) is 4.80. The fourth-order valence-corrected chi connectivity index (χ4v) is 4.75. The number of ether oxygens (including phenoxy) is 3. The van der Waals surface area contributed by atoms with Gasteiger partial charge < -0.3 is 19.3 Å². The Morgan fingerprint density at radius 3 is 2.93 bits per heavy atom. The molecule has 146 valence electrons. The summed E-state index contributed by atoms with van der Waals surface area (Å²) in [6.45, 7) is 3.22. The lowest BCUT2D eigenvalue weighted by Crippen LogP contribution is -2.48. The first-order chi connectivity index (χ1) is 13.8. The fraction of sp³-hybridized carbons (Fsp3) is 0.381. The zero-order valence-corrected chi connectivity index (χ0v) is 16.2. The molecule has 0 aliphatic carbocycles. The van der Waals surface area contributed by atoms with E-state index < -0.39 is 6.10 Å². The van der Waals surface area contributed by atoms with E-state index in [9.17, 15) is 5.11 Å². The van der Waals surface area contributed by atoms with Crippen LogP contribution in [0, 0.1) is 0 Å². The van der Waals surface area contributed by atoms with Gasteiger partial charge in [0.2, 0.25) is 5.75 Å². The van der Waals surface area contributed by atoms with E-state index in [4.69, 9.17) is 19.2 Å². The number of hydrogen-bond acceptors (Lipinski definition) is 7. The number of nitrogens with zero attached hydrogens (tertiary/aromatic N) is 2. The van der Waals surface area contributed by atoms with Gasteiger partial charge in [0.25, 0.3) is 0 Å². The van der Waals surface area contributed by atoms with Crippen molar-refractivity contribution in [2.45, 2.75) is 25.2 Å². The number of thiazole rings is 1. The lowest BCUT2D eigenvalue weighted by atomic mass is 10.0. The molecule has 0 spiro atoms. The smallest absolute Gasteiger partial charge is 0.203 e. The van der Waals surface area contributed by atoms with Crippen molar-refractivity contribution in [3.05, 3.63) is 47.5 Å². The summed E-state index contributed by atoms with van der Waals surface area (Å²) in [6, 6.07) is 13.8. The number of para-hydroxylation sites is 2. The van der Waals surface area contributed by atoms with E-state index in [-0.39, 0.29) is 6.10 Å². The van der Waals surface area contributed by atoms with Crippen molar-refractivity contribution < 1.29 is 19.3 Å². The van der Waals surface area contributed by atoms with Crippen molar-refractivity contribution in [1.29, 1.82) is 0 Å². The van der Waals surface area contributed by atoms with Gasteiger partial charge >= 0.3 is 0 Å². The molecule has 0 radical (unpaired) electrons. The molecule has 2 atom stereocenters. The SMILES string of the molecule is O[C@@H]1CN(Cc2nc3ccccc3s2)CC[C@H]1Oc1cccc2c1OCCO2. The van der Waals surface area contributed by atoms with Gasteiger partial charge in [-0.3, -0.25) is 4.90 Å². The van der Waals surface area contributed by atoms with Crippen molar-refractivity contribution in [2.75, 3.05) is 26.3 Å². The van der Waals surface area contributed by atoms with Crippen LogP contribution in [0.4, 0.5) is 0 Å². The van der Waals surface area contributed by atoms with Crippen LogP contribution >= 0.6 is 11.3 Å². The van der Waals surface area contributed by atoms with Crippen LogP contribution in [-0.4, -0.2) is 53.5 Å². The maximum absolute atomic E-state index is 10.7. The molecule has 1 saturated heterocycles. The number of rotatable bonds is 4. The van der Waals surface area contributed by atoms with Gasteiger partial charge in [-0.05, 0) is 30.7 Å². The molecule has 3 heterocycles. The Balaban J connectivity index is 1.23. The van der Waals surface area contributed by atoms with Gasteiger partial charge in [-0.2, -0.15) is 0 Å². The second-order valence-electron chi connectivity index (χ2n) is 7.10. The first kappa shape index (κ1) is 17.7. The highest BCUT2D eigenvalue weighted by atomic mass is 32.1. The highest BCUT2D eigenvalue weighted by Gasteiger charge is 2.31. The van der Waals surface area contributed by atoms with Crippen molar-refractivity contribution in [3.8, 4) is 17.2 Å². The molecular formula is C21H22N2O4S. The van der Waals surface area contributed by atoms with Crippen molar-refractivity contribution in [1.82, 2.24) is 9.88 Å². The number of benzene rings is 2. The molecule has 2 aliphatic heterocycles. The summed E-state index contributed by atoms with van der Waals surface area (Å²) in [5.41, 5.74) is 1.04. The van der Waals surface area contributed by atoms with Crippen LogP contribution in [0.5, 0.6) is 17.2 Å². The van der Waals surface area contributed by atoms with E-state index in [0.29, 0.717) is 37.0 Å². The largest absolute Gasteiger partial charge is 0.486 e. The summed E-state index contributed by atoms with van der Waals surface area (Å²) >= 11 is 1.71. The first-order valence-corrected chi connectivity index (χ1v) is 10.4. The minimum Gasteiger partial charge on any atom is -0.486 e. The summed E-state index contributed by atoms with van der Waals surface area (Å²) < 4.78 is 18.6. The average Bonchev–Trinajstić information content (AvgIpc) is 3.12. The third-order valence-electron chi connectivity index (χ3n) is 5.11. The number of aliphatic hydroxyl groups excluding tert-OH is 1. The molecule has 0 saturated carbocycles. The number of fused-ring (bicyclic) bond motifs is 2. The number of hydrogen-bond donors (Lipinski definition) is 1. The Morgan fingerprint density at radius 1 is 1.14 bits per heavy atom. The summed E-state index contributed by atoms with van der Waals surface area (Å²) in [5.74, 6) is 1.98. The second kappa shape index (κ2) is 7.58. The van der Waals surface area contributed by atoms with E-state index in [0.717, 1.165) is 30.0 Å². The zero-order valence-electron chi connectivity index (χ0n) is 15.4. The highest BCUT2D eigenvalue weighted by Crippen LogP contribution is 2.40. The molecule has 1 fully saturated rings. The van der Waals surface area contributed by atoms with E-state index in [1.165, 1.54) is 4.70 Å². The van der Waals surface area contributed by atoms with Gasteiger partial charge in [-0.25, -0.2) is 4.98 Å². The third kappa shape index (κ3) is 3.53. The van der Waals surface area contributed by atoms with Gasteiger partial charge in [-0.15, -0.1) is 11.3 Å². The quantitative estimate of drug-likeness (QED) is 0.729. The van der Waals surface area contributed by atoms with Crippen molar-refractivity contribution in [3.63, 3.8) is 0 Å². The van der Waals surface area contributed by atoms with Gasteiger partial charge in [0.1, 0.15) is 30.4 Å². The van der Waals surface area contributed by atoms with E-state index in [2.05, 4.69) is 11.0 Å². The maximum atomic E-state index is 10.7. The van der Waals surface area contributed by atoms with Gasteiger partial charge in [0, 0.05) is 13.1 Å². The molecule has 5 rings (SSSR count). The fourth-order valence-electron chi connectivity index (χ4n) is 3.74. The minimum absolute atomic E-state index is 0.261. The second-order valence-corrected chi connectivity index (χ2v) is 8.22. The topological polar surface area (TPSA) is 64.1 Å². The molecular weight excluding hydrogens is 376 g/mol. The zero-order chi connectivity index (χ0) is 18.9. The molecule has 0 amide bonds. The van der Waals surface area contributed by atoms with E-state index >= 15 is 0 Å². The molecule has 1 N–H and O–H groups in total. The molecule has 1 aromatic heterocycles. The van der Waals surface area contributed by atoms with Crippen LogP contribution in [0.25, 0.3) is 10.2 Å². The summed E-state index contributed by atoms with van der Waals surface area (Å²) in [5, 5.41) is 11.7. The molecule has 2 aliphatic rings. The molecule has 6 nitrogen and oxygen atoms in total. The van der Waals surface area contributed by atoms with Crippen LogP contribution in [-0.2, 0) is 6.54 Å². The number of likely N-dealkylation sites (tertiary alicyclic amines) is 1. The molecule has 2 aromatic carbocycles. The summed E-state index contributed by atoms with van der Waals surface area (Å²) in [7, 11) is 0. The molecule has 28 heavy (non-hydrogen) atoms. The standard InChI is InChI=1S/C21H22N2O4S/c24-15-12-23(13-20-22-14-4-1-2-7-19(14)28-20)9-8-16(15)27-18-6-3-5-17-21(18)26-11-10-25-17/h1-7,15-16,24H,8-13H2/t15-,16-/m1/s1. The normalized spacial score (nSPS) is 22.3. The molecule has 0 unspecified atom stereocenters. The van der Waals surface area contributed by atoms with E-state index in [1.807, 2.05) is 36.4 Å². The van der Waals surface area contributed by atoms with Crippen LogP contribution in [0.3, 0.4) is 0 Å². The van der Waals surface area contributed by atoms with Crippen LogP contribution in [0.15, 0.2) is 42.5 Å². The molecule has 3 aromatic rings. The average molecular weight is 398 g/mol. The number of aromatic nitrogens is 1. The van der Waals surface area contributed by atoms with Crippen LogP contribution < -0.4 is 14.2 Å². The predicted octanol–water partition coefficient (Wildman–Crippen LogP) is 3.08. The number of aliphatic hydroxyl groups is 1. The lowest BCUT2D eigenvalue weighted by molar-refractivity contribution is -0.0290. The molecule has 0 bridgehead atoms. The van der Waals surface area contributed by atoms with Crippen molar-refractivity contribution >= 4 is 21.6 Å². The number of piperidine rings is 1. The summed E-state index contributed by atoms with van der Waals surface area (Å²) in [4.78, 5) is 6.94. The molecule has 7 heteroatoms. The van der Waals surface area contributed by atoms with Gasteiger partial charge in [0.15, 0.2) is 11.5 Å². The van der Waals surface area contributed by atoms with Crippen molar-refractivity contribution in [2.24, 2.45) is 0 Å². The third-order valence-corrected chi connectivity index (χ3v) is 6.13. The predicted molar refractivity (Wildman–Crippen MR) is 107 cm³/mol. The lowest BCUT2D eigenvalue weighted by Gasteiger charge is -2.36. The van der Waals surface area contributed by atoms with Crippen LogP contribution in [0.2, 0.25) is 0 Å². The minimum atomic E-state index is -0.566. The Morgan fingerprint density at radius 2 is 2.04 bits per heavy atom. The Hall–Kier alpha value is -2.35. The Labute approximate surface area is 167 Å². The summed E-state index contributed by atoms with van der Waals surface area (Å²) in [6.07, 6.45) is -0.0801. The number of β-amino-alcohol motifs (C(OH)–C–C–N with tert-alkyl or cyclic N) is 1. The monoisotopic (exact) mass is 398 g/mol. The van der Waals surface area contributed by atoms with Crippen LogP contribution in [0.1, 0.15) is 11.4 Å². The van der Waals surface area contributed by atoms with Gasteiger partial charge in [0.05, 0.1) is 16.8 Å². The highest BCUT2D eigenvalue weighted by molar-refractivity contribution is 7.18. The maximum Gasteiger partial charge on any atom is 0.203 e.